The number of pyridine rings is 2. The van der Waals surface area contributed by atoms with Crippen LogP contribution in [0.5, 0.6) is 0 Å². The molecule has 0 unspecified atom stereocenters. The summed E-state index contributed by atoms with van der Waals surface area (Å²) in [5.41, 5.74) is 19.9. The first-order valence-electron chi connectivity index (χ1n) is 38.2. The first kappa shape index (κ1) is 89.1. The minimum absolute atomic E-state index is 0.0416. The summed E-state index contributed by atoms with van der Waals surface area (Å²) in [4.78, 5) is 176. The molecule has 0 aliphatic carbocycles. The van der Waals surface area contributed by atoms with Gasteiger partial charge < -0.3 is 85.7 Å². The number of carbonyl (C=O) groups excluding carboxylic acids is 11. The maximum absolute atomic E-state index is 15.1. The molecule has 18 N–H and O–H groups in total. The standard InChI is InChI=1S/C79H112ClN19O12/c1-7-9-35-86-78(82)88-37-15-13-24-59(69(103)95-64(44-54-20-17-33-84-46-54)73(107)94-61(40-49(3)4)70(104)93-60(25-14-16-38-89-79(83)87-36-10-8-2)77(111)99-39-19-26-67(99)76(110)90-50(5)68(81)102)92-75(109)66(48-100)98-74(108)65(45-55-21-18-34-85-47-55)97-72(106)63(42-52-28-31-58(80)32-29-52)96-71(105)62(91-51(6)101)43-53-27-30-56-22-11-12-23-57(56)41-53/h11-12,17-18,20-23,27-34,41,46-47,49-50,59-67,100H,7-10,13-16,19,24-26,35-40,42-45,48H2,1-6H3,(H2,81,102)(H,90,110)(H,91,101)(H,92,109)(H,93,104)(H,94,107)(H,95,103)(H,96,105)(H,97,106)(H,98,108)(H3,82,86,88)(H3,83,87,89)/t50-,59+,60+,61+,62-,63-,64+,65+,66+,67+/m1/s1. The van der Waals surface area contributed by atoms with Crippen LogP contribution in [0.15, 0.2) is 126 Å². The Morgan fingerprint density at radius 3 is 1.47 bits per heavy atom. The number of hydrogen-bond donors (Lipinski definition) is 15. The number of halogens is 1. The van der Waals surface area contributed by atoms with Gasteiger partial charge in [0.2, 0.25) is 65.0 Å². The molecule has 11 amide bonds. The number of likely N-dealkylation sites (tertiary alicyclic amines) is 1. The number of primary amides is 1. The van der Waals surface area contributed by atoms with Gasteiger partial charge in [-0.1, -0.05) is 119 Å². The Labute approximate surface area is 654 Å². The Kier molecular flexibility index (Phi) is 38.0. The number of nitrogens with one attached hydrogen (secondary N) is 11. The highest BCUT2D eigenvalue weighted by Gasteiger charge is 2.40. The van der Waals surface area contributed by atoms with Gasteiger partial charge in [-0.15, -0.1) is 0 Å². The lowest BCUT2D eigenvalue weighted by Crippen LogP contribution is -2.61. The third-order valence-electron chi connectivity index (χ3n) is 18.6. The predicted molar refractivity (Wildman–Crippen MR) is 424 cm³/mol. The SMILES string of the molecule is CCCCNC(N)=NCCCC[C@H](NC(=O)[C@H](CO)NC(=O)[C@H](Cc1cccnc1)NC(=O)[C@@H](Cc1ccc(Cl)cc1)NC(=O)[C@@H](Cc1ccc2ccccc2c1)NC(C)=O)C(=O)N[C@@H](Cc1cccnc1)C(=O)N[C@@H](CC(C)C)C(=O)N[C@@H](CCCCN=C(N)NCCCC)C(=O)N1CCC[C@H]1C(=O)N[C@H](C)C(N)=O. The van der Waals surface area contributed by atoms with Gasteiger partial charge in [0.15, 0.2) is 11.9 Å². The van der Waals surface area contributed by atoms with Crippen LogP contribution in [-0.2, 0) is 78.4 Å². The number of aliphatic hydroxyl groups is 1. The second-order valence-electron chi connectivity index (χ2n) is 28.2. The van der Waals surface area contributed by atoms with Crippen LogP contribution < -0.4 is 75.7 Å². The summed E-state index contributed by atoms with van der Waals surface area (Å²) in [5, 5.41) is 44.0. The Bertz CT molecular complexity index is 3930. The number of benzene rings is 3. The summed E-state index contributed by atoms with van der Waals surface area (Å²) >= 11 is 6.26. The van der Waals surface area contributed by atoms with E-state index in [0.29, 0.717) is 67.0 Å². The number of hydrogen-bond acceptors (Lipinski definition) is 16. The summed E-state index contributed by atoms with van der Waals surface area (Å²) in [5.74, 6) is -8.26. The van der Waals surface area contributed by atoms with Crippen LogP contribution in [0.1, 0.15) is 147 Å². The van der Waals surface area contributed by atoms with Gasteiger partial charge in [0.1, 0.15) is 60.4 Å². The van der Waals surface area contributed by atoms with Crippen molar-refractivity contribution in [2.45, 2.75) is 211 Å². The zero-order chi connectivity index (χ0) is 80.8. The molecule has 0 spiro atoms. The van der Waals surface area contributed by atoms with Crippen LogP contribution in [0.3, 0.4) is 0 Å². The summed E-state index contributed by atoms with van der Waals surface area (Å²) in [6.07, 6.45) is 11.2. The molecule has 31 nitrogen and oxygen atoms in total. The zero-order valence-corrected chi connectivity index (χ0v) is 65.1. The second kappa shape index (κ2) is 47.3. The molecule has 5 aromatic rings. The van der Waals surface area contributed by atoms with Crippen molar-refractivity contribution >= 4 is 99.3 Å². The number of unbranched alkanes of at least 4 members (excludes halogenated alkanes) is 4. The lowest BCUT2D eigenvalue weighted by Gasteiger charge is -2.31. The summed E-state index contributed by atoms with van der Waals surface area (Å²) < 4.78 is 0. The molecule has 602 valence electrons. The number of rotatable bonds is 46. The van der Waals surface area contributed by atoms with Gasteiger partial charge in [0.25, 0.3) is 0 Å². The van der Waals surface area contributed by atoms with Crippen molar-refractivity contribution in [3.05, 3.63) is 143 Å². The first-order valence-corrected chi connectivity index (χ1v) is 38.6. The molecule has 0 saturated carbocycles. The largest absolute Gasteiger partial charge is 0.394 e. The molecule has 6 rings (SSSR count). The Morgan fingerprint density at radius 2 is 0.964 bits per heavy atom. The zero-order valence-electron chi connectivity index (χ0n) is 64.4. The van der Waals surface area contributed by atoms with Gasteiger partial charge >= 0.3 is 0 Å². The van der Waals surface area contributed by atoms with Crippen LogP contribution in [0.2, 0.25) is 5.02 Å². The molecular formula is C79H112ClN19O12. The van der Waals surface area contributed by atoms with Crippen molar-refractivity contribution in [2.75, 3.05) is 39.3 Å². The van der Waals surface area contributed by atoms with Crippen molar-refractivity contribution < 1.29 is 57.8 Å². The fraction of sp³-hybridized carbons (Fsp3) is 0.506. The molecule has 1 fully saturated rings. The highest BCUT2D eigenvalue weighted by molar-refractivity contribution is 6.30. The molecular weight excluding hydrogens is 1440 g/mol. The molecule has 3 aromatic carbocycles. The van der Waals surface area contributed by atoms with Gasteiger partial charge in [-0.25, -0.2) is 0 Å². The predicted octanol–water partition coefficient (Wildman–Crippen LogP) is 2.22. The molecule has 1 saturated heterocycles. The van der Waals surface area contributed by atoms with E-state index in [2.05, 4.69) is 78.4 Å². The Morgan fingerprint density at radius 1 is 0.514 bits per heavy atom. The Hall–Kier alpha value is -10.8. The Balaban J connectivity index is 1.27. The number of nitrogens with zero attached hydrogens (tertiary/aromatic N) is 5. The van der Waals surface area contributed by atoms with Crippen molar-refractivity contribution in [1.29, 1.82) is 0 Å². The van der Waals surface area contributed by atoms with Gasteiger partial charge in [0.05, 0.1) is 6.61 Å². The van der Waals surface area contributed by atoms with Gasteiger partial charge in [-0.2, -0.15) is 0 Å². The highest BCUT2D eigenvalue weighted by Crippen LogP contribution is 2.23. The van der Waals surface area contributed by atoms with E-state index >= 15 is 9.59 Å². The van der Waals surface area contributed by atoms with E-state index in [0.717, 1.165) is 42.0 Å². The number of fused-ring (bicyclic) bond motifs is 1. The van der Waals surface area contributed by atoms with E-state index in [1.54, 1.807) is 48.5 Å². The third kappa shape index (κ3) is 31.2. The van der Waals surface area contributed by atoms with E-state index in [4.69, 9.17) is 28.8 Å². The highest BCUT2D eigenvalue weighted by atomic mass is 35.5. The van der Waals surface area contributed by atoms with E-state index in [1.807, 2.05) is 70.2 Å². The maximum atomic E-state index is 15.1. The number of nitrogens with two attached hydrogens (primary N) is 3. The number of guanidine groups is 2. The first-order chi connectivity index (χ1) is 53.2. The third-order valence-corrected chi connectivity index (χ3v) is 18.8. The molecule has 2 aromatic heterocycles. The molecule has 32 heteroatoms. The monoisotopic (exact) mass is 1550 g/mol. The number of carbonyl (C=O) groups is 11. The second-order valence-corrected chi connectivity index (χ2v) is 28.7. The van der Waals surface area contributed by atoms with Crippen molar-refractivity contribution in [3.63, 3.8) is 0 Å². The van der Waals surface area contributed by atoms with Crippen molar-refractivity contribution in [3.8, 4) is 0 Å². The molecule has 3 heterocycles. The van der Waals surface area contributed by atoms with Gasteiger partial charge in [-0.05, 0) is 141 Å². The number of aliphatic imine (C=N–C) groups is 2. The fourth-order valence-electron chi connectivity index (χ4n) is 12.5. The molecule has 0 bridgehead atoms. The lowest BCUT2D eigenvalue weighted by atomic mass is 9.99. The maximum Gasteiger partial charge on any atom is 0.245 e. The minimum Gasteiger partial charge on any atom is -0.394 e. The quantitative estimate of drug-likeness (QED) is 0.0151. The molecule has 111 heavy (non-hydrogen) atoms. The topological polar surface area (TPSA) is 472 Å². The van der Waals surface area contributed by atoms with Crippen LogP contribution in [-0.4, -0.2) is 197 Å². The van der Waals surface area contributed by atoms with E-state index in [9.17, 15) is 48.3 Å². The molecule has 0 radical (unpaired) electrons. The average molecular weight is 1560 g/mol. The number of aliphatic hydroxyl groups excluding tert-OH is 1. The molecule has 10 atom stereocenters. The van der Waals surface area contributed by atoms with Crippen LogP contribution in [0, 0.1) is 5.92 Å². The van der Waals surface area contributed by atoms with Crippen molar-refractivity contribution in [1.82, 2.24) is 73.4 Å². The molecule has 1 aliphatic rings. The summed E-state index contributed by atoms with van der Waals surface area (Å²) in [6, 6.07) is 13.0. The van der Waals surface area contributed by atoms with Crippen LogP contribution in [0.25, 0.3) is 10.8 Å². The normalized spacial score (nSPS) is 15.4. The summed E-state index contributed by atoms with van der Waals surface area (Å²) in [6.45, 7) is 11.3. The van der Waals surface area contributed by atoms with Gasteiger partial charge in [-0.3, -0.25) is 72.7 Å². The van der Waals surface area contributed by atoms with E-state index in [-0.39, 0.29) is 88.7 Å². The van der Waals surface area contributed by atoms with Crippen molar-refractivity contribution in [2.24, 2.45) is 33.1 Å². The van der Waals surface area contributed by atoms with E-state index < -0.39 is 132 Å². The smallest absolute Gasteiger partial charge is 0.245 e. The average Bonchev–Trinajstić information content (AvgIpc) is 1.78. The lowest BCUT2D eigenvalue weighted by molar-refractivity contribution is -0.142. The number of aromatic nitrogens is 2. The number of amides is 11. The van der Waals surface area contributed by atoms with Crippen LogP contribution in [0.4, 0.5) is 0 Å². The van der Waals surface area contributed by atoms with Gasteiger partial charge in [0, 0.05) is 95.1 Å². The van der Waals surface area contributed by atoms with E-state index in [1.165, 1.54) is 43.5 Å². The fourth-order valence-corrected chi connectivity index (χ4v) is 12.6. The molecule has 1 aliphatic heterocycles. The van der Waals surface area contributed by atoms with Crippen LogP contribution >= 0.6 is 11.6 Å². The summed E-state index contributed by atoms with van der Waals surface area (Å²) in [7, 11) is 0. The minimum atomic E-state index is -1.79.